The number of pyridine rings is 1. The van der Waals surface area contributed by atoms with Gasteiger partial charge >= 0.3 is 6.03 Å². The van der Waals surface area contributed by atoms with Crippen molar-refractivity contribution in [2.45, 2.75) is 12.5 Å². The number of benzene rings is 1. The Kier molecular flexibility index (Phi) is 5.55. The van der Waals surface area contributed by atoms with Crippen molar-refractivity contribution < 1.29 is 18.3 Å². The molecule has 0 aliphatic carbocycles. The molecule has 2 aromatic rings. The van der Waals surface area contributed by atoms with Crippen LogP contribution in [-0.4, -0.2) is 42.2 Å². The predicted octanol–water partition coefficient (Wildman–Crippen LogP) is 2.69. The molecule has 0 unspecified atom stereocenters. The zero-order chi connectivity index (χ0) is 17.6. The minimum atomic E-state index is -0.917. The highest BCUT2D eigenvalue weighted by Gasteiger charge is 2.25. The van der Waals surface area contributed by atoms with Gasteiger partial charge in [0.1, 0.15) is 6.10 Å². The van der Waals surface area contributed by atoms with E-state index in [1.165, 1.54) is 6.07 Å². The Morgan fingerprint density at radius 2 is 2.20 bits per heavy atom. The summed E-state index contributed by atoms with van der Waals surface area (Å²) in [5, 5.41) is 2.86. The van der Waals surface area contributed by atoms with Crippen LogP contribution in [-0.2, 0) is 11.2 Å². The Bertz CT molecular complexity index is 728. The Hall–Kier alpha value is -2.54. The number of hydrogen-bond acceptors (Lipinski definition) is 3. The molecule has 1 aromatic heterocycles. The smallest absolute Gasteiger partial charge is 0.317 e. The Morgan fingerprint density at radius 1 is 1.32 bits per heavy atom. The van der Waals surface area contributed by atoms with Gasteiger partial charge in [0.2, 0.25) is 0 Å². The lowest BCUT2D eigenvalue weighted by atomic mass is 10.1. The van der Waals surface area contributed by atoms with Crippen LogP contribution in [0.15, 0.2) is 42.7 Å². The molecule has 0 radical (unpaired) electrons. The quantitative estimate of drug-likeness (QED) is 0.925. The van der Waals surface area contributed by atoms with Crippen LogP contribution >= 0.6 is 0 Å². The topological polar surface area (TPSA) is 54.5 Å². The van der Waals surface area contributed by atoms with E-state index < -0.39 is 17.7 Å². The van der Waals surface area contributed by atoms with Gasteiger partial charge in [-0.3, -0.25) is 4.98 Å². The van der Waals surface area contributed by atoms with Crippen LogP contribution in [0.1, 0.15) is 17.2 Å². The molecule has 1 fully saturated rings. The Balaban J connectivity index is 1.53. The lowest BCUT2D eigenvalue weighted by Gasteiger charge is -2.33. The van der Waals surface area contributed by atoms with Crippen molar-refractivity contribution in [3.8, 4) is 0 Å². The van der Waals surface area contributed by atoms with Crippen LogP contribution in [0.5, 0.6) is 0 Å². The lowest BCUT2D eigenvalue weighted by Crippen LogP contribution is -2.47. The third-order valence-corrected chi connectivity index (χ3v) is 4.08. The fraction of sp³-hybridized carbons (Fsp3) is 0.333. The first kappa shape index (κ1) is 17.3. The van der Waals surface area contributed by atoms with Gasteiger partial charge in [0.05, 0.1) is 13.2 Å². The number of urea groups is 1. The van der Waals surface area contributed by atoms with Gasteiger partial charge in [-0.05, 0) is 35.7 Å². The van der Waals surface area contributed by atoms with Gasteiger partial charge in [0, 0.05) is 25.5 Å². The second kappa shape index (κ2) is 8.02. The summed E-state index contributed by atoms with van der Waals surface area (Å²) in [4.78, 5) is 18.0. The number of rotatable bonds is 4. The van der Waals surface area contributed by atoms with E-state index in [1.54, 1.807) is 17.3 Å². The average Bonchev–Trinajstić information content (AvgIpc) is 2.65. The zero-order valence-electron chi connectivity index (χ0n) is 13.6. The molecule has 1 saturated heterocycles. The third kappa shape index (κ3) is 4.51. The zero-order valence-corrected chi connectivity index (χ0v) is 13.6. The second-order valence-corrected chi connectivity index (χ2v) is 5.82. The van der Waals surface area contributed by atoms with Crippen LogP contribution in [0, 0.1) is 11.6 Å². The van der Waals surface area contributed by atoms with E-state index in [9.17, 15) is 13.6 Å². The first-order chi connectivity index (χ1) is 12.1. The van der Waals surface area contributed by atoms with E-state index in [2.05, 4.69) is 10.3 Å². The van der Waals surface area contributed by atoms with Crippen molar-refractivity contribution in [3.63, 3.8) is 0 Å². The van der Waals surface area contributed by atoms with E-state index in [0.29, 0.717) is 38.2 Å². The van der Waals surface area contributed by atoms with Crippen LogP contribution in [0.25, 0.3) is 0 Å². The molecular formula is C18H19F2N3O2. The van der Waals surface area contributed by atoms with Gasteiger partial charge in [0.25, 0.3) is 0 Å². The standard InChI is InChI=1S/C18H19F2N3O2/c19-15-4-3-14(10-16(15)20)17-12-23(8-9-25-17)18(24)22-7-5-13-2-1-6-21-11-13/h1-4,6,10-11,17H,5,7-9,12H2,(H,22,24)/t17-/m0/s1. The van der Waals surface area contributed by atoms with Gasteiger partial charge in [0.15, 0.2) is 11.6 Å². The van der Waals surface area contributed by atoms with Gasteiger partial charge in [-0.15, -0.1) is 0 Å². The molecule has 7 heteroatoms. The normalized spacial score (nSPS) is 17.4. The fourth-order valence-electron chi connectivity index (χ4n) is 2.72. The number of nitrogens with one attached hydrogen (secondary N) is 1. The summed E-state index contributed by atoms with van der Waals surface area (Å²) in [6, 6.07) is 7.27. The molecule has 25 heavy (non-hydrogen) atoms. The number of hydrogen-bond donors (Lipinski definition) is 1. The van der Waals surface area contributed by atoms with Crippen molar-refractivity contribution in [2.24, 2.45) is 0 Å². The summed E-state index contributed by atoms with van der Waals surface area (Å²) in [5.41, 5.74) is 1.57. The van der Waals surface area contributed by atoms with Crippen LogP contribution in [0.4, 0.5) is 13.6 Å². The summed E-state index contributed by atoms with van der Waals surface area (Å²) in [6.07, 6.45) is 3.69. The van der Waals surface area contributed by atoms with Gasteiger partial charge in [-0.25, -0.2) is 13.6 Å². The molecule has 1 atom stereocenters. The average molecular weight is 347 g/mol. The third-order valence-electron chi connectivity index (χ3n) is 4.08. The molecule has 1 aliphatic rings. The van der Waals surface area contributed by atoms with Gasteiger partial charge < -0.3 is 15.0 Å². The molecule has 1 N–H and O–H groups in total. The first-order valence-corrected chi connectivity index (χ1v) is 8.12. The summed E-state index contributed by atoms with van der Waals surface area (Å²) in [5.74, 6) is -1.82. The van der Waals surface area contributed by atoms with Crippen molar-refractivity contribution in [1.29, 1.82) is 0 Å². The number of morpholine rings is 1. The van der Waals surface area contributed by atoms with Gasteiger partial charge in [-0.2, -0.15) is 0 Å². The van der Waals surface area contributed by atoms with E-state index >= 15 is 0 Å². The van der Waals surface area contributed by atoms with E-state index in [-0.39, 0.29) is 6.03 Å². The number of carbonyl (C=O) groups excluding carboxylic acids is 1. The number of aromatic nitrogens is 1. The monoisotopic (exact) mass is 347 g/mol. The number of ether oxygens (including phenoxy) is 1. The summed E-state index contributed by atoms with van der Waals surface area (Å²) in [6.45, 7) is 1.60. The number of halogens is 2. The highest BCUT2D eigenvalue weighted by Crippen LogP contribution is 2.23. The highest BCUT2D eigenvalue weighted by molar-refractivity contribution is 5.74. The summed E-state index contributed by atoms with van der Waals surface area (Å²) >= 11 is 0. The second-order valence-electron chi connectivity index (χ2n) is 5.82. The fourth-order valence-corrected chi connectivity index (χ4v) is 2.72. The van der Waals surface area contributed by atoms with Crippen LogP contribution in [0.2, 0.25) is 0 Å². The van der Waals surface area contributed by atoms with Crippen LogP contribution < -0.4 is 5.32 Å². The predicted molar refractivity (Wildman–Crippen MR) is 88.0 cm³/mol. The highest BCUT2D eigenvalue weighted by atomic mass is 19.2. The largest absolute Gasteiger partial charge is 0.370 e. The van der Waals surface area contributed by atoms with Crippen molar-refractivity contribution in [3.05, 3.63) is 65.5 Å². The Labute approximate surface area is 144 Å². The molecule has 3 rings (SSSR count). The molecule has 132 valence electrons. The first-order valence-electron chi connectivity index (χ1n) is 8.12. The molecule has 2 amide bonds. The van der Waals surface area contributed by atoms with Gasteiger partial charge in [-0.1, -0.05) is 12.1 Å². The molecule has 0 spiro atoms. The van der Waals surface area contributed by atoms with Crippen LogP contribution in [0.3, 0.4) is 0 Å². The number of amides is 2. The van der Waals surface area contributed by atoms with Crippen molar-refractivity contribution in [2.75, 3.05) is 26.2 Å². The molecular weight excluding hydrogens is 328 g/mol. The maximum absolute atomic E-state index is 13.4. The number of carbonyl (C=O) groups is 1. The van der Waals surface area contributed by atoms with E-state index in [0.717, 1.165) is 17.7 Å². The SMILES string of the molecule is O=C(NCCc1cccnc1)N1CCO[C@H](c2ccc(F)c(F)c2)C1. The molecule has 0 saturated carbocycles. The lowest BCUT2D eigenvalue weighted by molar-refractivity contribution is -0.0155. The van der Waals surface area contributed by atoms with Crippen molar-refractivity contribution >= 4 is 6.03 Å². The van der Waals surface area contributed by atoms with Crippen molar-refractivity contribution in [1.82, 2.24) is 15.2 Å². The minimum Gasteiger partial charge on any atom is -0.370 e. The molecule has 5 nitrogen and oxygen atoms in total. The maximum atomic E-state index is 13.4. The molecule has 1 aliphatic heterocycles. The van der Waals surface area contributed by atoms with E-state index in [1.807, 2.05) is 12.1 Å². The Morgan fingerprint density at radius 3 is 2.96 bits per heavy atom. The molecule has 1 aromatic carbocycles. The van der Waals surface area contributed by atoms with E-state index in [4.69, 9.17) is 4.74 Å². The maximum Gasteiger partial charge on any atom is 0.317 e. The molecule has 2 heterocycles. The summed E-state index contributed by atoms with van der Waals surface area (Å²) in [7, 11) is 0. The molecule has 0 bridgehead atoms. The minimum absolute atomic E-state index is 0.195. The number of nitrogens with zero attached hydrogens (tertiary/aromatic N) is 2. The summed E-state index contributed by atoms with van der Waals surface area (Å²) < 4.78 is 32.0.